The Morgan fingerprint density at radius 1 is 0.833 bits per heavy atom. The first-order valence-corrected chi connectivity index (χ1v) is 6.65. The number of ketones is 1. The first kappa shape index (κ1) is 12.9. The SMILES string of the molecule is O=C(CS)Cc1ccc(Cc2ccccc2)cc1. The molecule has 0 aliphatic rings. The average molecular weight is 256 g/mol. The molecule has 92 valence electrons. The topological polar surface area (TPSA) is 17.1 Å². The average Bonchev–Trinajstić information content (AvgIpc) is 2.42. The van der Waals surface area contributed by atoms with Crippen molar-refractivity contribution in [1.82, 2.24) is 0 Å². The van der Waals surface area contributed by atoms with E-state index < -0.39 is 0 Å². The van der Waals surface area contributed by atoms with Crippen LogP contribution < -0.4 is 0 Å². The van der Waals surface area contributed by atoms with E-state index in [1.165, 1.54) is 11.1 Å². The lowest BCUT2D eigenvalue weighted by molar-refractivity contribution is -0.115. The molecule has 2 heteroatoms. The van der Waals surface area contributed by atoms with E-state index in [1.54, 1.807) is 0 Å². The molecule has 0 fully saturated rings. The Balaban J connectivity index is 2.02. The molecule has 0 aliphatic heterocycles. The summed E-state index contributed by atoms with van der Waals surface area (Å²) in [4.78, 5) is 11.3. The first-order valence-electron chi connectivity index (χ1n) is 6.02. The van der Waals surface area contributed by atoms with Gasteiger partial charge in [0, 0.05) is 12.2 Å². The minimum atomic E-state index is 0.161. The molecule has 2 rings (SSSR count). The molecule has 0 heterocycles. The highest BCUT2D eigenvalue weighted by atomic mass is 32.1. The highest BCUT2D eigenvalue weighted by Gasteiger charge is 2.01. The maximum absolute atomic E-state index is 11.3. The monoisotopic (exact) mass is 256 g/mol. The van der Waals surface area contributed by atoms with Gasteiger partial charge in [0.15, 0.2) is 0 Å². The maximum atomic E-state index is 11.3. The molecular weight excluding hydrogens is 240 g/mol. The predicted octanol–water partition coefficient (Wildman–Crippen LogP) is 3.32. The predicted molar refractivity (Wildman–Crippen MR) is 78.3 cm³/mol. The second-order valence-corrected chi connectivity index (χ2v) is 4.67. The van der Waals surface area contributed by atoms with Gasteiger partial charge >= 0.3 is 0 Å². The van der Waals surface area contributed by atoms with Gasteiger partial charge in [-0.2, -0.15) is 12.6 Å². The van der Waals surface area contributed by atoms with Crippen LogP contribution in [0.25, 0.3) is 0 Å². The lowest BCUT2D eigenvalue weighted by Crippen LogP contribution is -2.03. The quantitative estimate of drug-likeness (QED) is 0.812. The fourth-order valence-electron chi connectivity index (χ4n) is 1.89. The van der Waals surface area contributed by atoms with Gasteiger partial charge in [0.2, 0.25) is 0 Å². The molecule has 0 atom stereocenters. The zero-order valence-corrected chi connectivity index (χ0v) is 11.1. The van der Waals surface area contributed by atoms with Gasteiger partial charge in [-0.1, -0.05) is 54.6 Å². The number of Topliss-reactive ketones (excluding diaryl/α,β-unsaturated/α-hetero) is 1. The van der Waals surface area contributed by atoms with Crippen molar-refractivity contribution in [2.75, 3.05) is 5.75 Å². The number of thiol groups is 1. The van der Waals surface area contributed by atoms with Gasteiger partial charge in [-0.05, 0) is 23.1 Å². The zero-order chi connectivity index (χ0) is 12.8. The highest BCUT2D eigenvalue weighted by molar-refractivity contribution is 7.81. The summed E-state index contributed by atoms with van der Waals surface area (Å²) in [5.41, 5.74) is 3.63. The third-order valence-electron chi connectivity index (χ3n) is 2.85. The minimum absolute atomic E-state index is 0.161. The number of benzene rings is 2. The lowest BCUT2D eigenvalue weighted by atomic mass is 10.0. The fraction of sp³-hybridized carbons (Fsp3) is 0.188. The van der Waals surface area contributed by atoms with Gasteiger partial charge in [-0.15, -0.1) is 0 Å². The zero-order valence-electron chi connectivity index (χ0n) is 10.2. The molecular formula is C16H16OS. The van der Waals surface area contributed by atoms with E-state index in [4.69, 9.17) is 0 Å². The van der Waals surface area contributed by atoms with E-state index in [-0.39, 0.29) is 5.78 Å². The second kappa shape index (κ2) is 6.41. The van der Waals surface area contributed by atoms with Crippen LogP contribution in [0.2, 0.25) is 0 Å². The summed E-state index contributed by atoms with van der Waals surface area (Å²) in [7, 11) is 0. The molecule has 0 saturated heterocycles. The normalized spacial score (nSPS) is 10.3. The Bertz CT molecular complexity index is 502. The van der Waals surface area contributed by atoms with Crippen LogP contribution in [0.5, 0.6) is 0 Å². The summed E-state index contributed by atoms with van der Waals surface area (Å²) < 4.78 is 0. The summed E-state index contributed by atoms with van der Waals surface area (Å²) in [6.07, 6.45) is 1.41. The molecule has 0 bridgehead atoms. The molecule has 2 aromatic carbocycles. The maximum Gasteiger partial charge on any atom is 0.146 e. The largest absolute Gasteiger partial charge is 0.298 e. The molecule has 0 aliphatic carbocycles. The van der Waals surface area contributed by atoms with Gasteiger partial charge in [-0.25, -0.2) is 0 Å². The van der Waals surface area contributed by atoms with Crippen LogP contribution in [0, 0.1) is 0 Å². The van der Waals surface area contributed by atoms with Gasteiger partial charge in [0.25, 0.3) is 0 Å². The first-order chi connectivity index (χ1) is 8.78. The van der Waals surface area contributed by atoms with Crippen molar-refractivity contribution in [2.24, 2.45) is 0 Å². The molecule has 0 aromatic heterocycles. The number of carbonyl (C=O) groups is 1. The van der Waals surface area contributed by atoms with E-state index in [0.29, 0.717) is 12.2 Å². The third kappa shape index (κ3) is 3.74. The fourth-order valence-corrected chi connectivity index (χ4v) is 2.00. The summed E-state index contributed by atoms with van der Waals surface area (Å²) in [6.45, 7) is 0. The highest BCUT2D eigenvalue weighted by Crippen LogP contribution is 2.11. The second-order valence-electron chi connectivity index (χ2n) is 4.35. The molecule has 0 unspecified atom stereocenters. The van der Waals surface area contributed by atoms with Crippen molar-refractivity contribution in [3.8, 4) is 0 Å². The van der Waals surface area contributed by atoms with Crippen molar-refractivity contribution in [3.63, 3.8) is 0 Å². The number of hydrogen-bond donors (Lipinski definition) is 1. The third-order valence-corrected chi connectivity index (χ3v) is 3.20. The Kier molecular flexibility index (Phi) is 4.59. The van der Waals surface area contributed by atoms with Crippen LogP contribution in [0.4, 0.5) is 0 Å². The van der Waals surface area contributed by atoms with Crippen molar-refractivity contribution in [3.05, 3.63) is 71.3 Å². The molecule has 0 saturated carbocycles. The molecule has 0 spiro atoms. The summed E-state index contributed by atoms with van der Waals surface area (Å²) in [5, 5.41) is 0. The van der Waals surface area contributed by atoms with Gasteiger partial charge < -0.3 is 0 Å². The van der Waals surface area contributed by atoms with E-state index in [2.05, 4.69) is 49.0 Å². The smallest absolute Gasteiger partial charge is 0.146 e. The number of rotatable bonds is 5. The molecule has 2 aromatic rings. The van der Waals surface area contributed by atoms with Gasteiger partial charge in [0.05, 0.1) is 0 Å². The van der Waals surface area contributed by atoms with Crippen molar-refractivity contribution in [1.29, 1.82) is 0 Å². The van der Waals surface area contributed by atoms with Crippen LogP contribution >= 0.6 is 12.6 Å². The molecule has 0 radical (unpaired) electrons. The number of hydrogen-bond acceptors (Lipinski definition) is 2. The summed E-state index contributed by atoms with van der Waals surface area (Å²) in [6, 6.07) is 18.6. The standard InChI is InChI=1S/C16H16OS/c17-16(12-18)11-15-8-6-14(7-9-15)10-13-4-2-1-3-5-13/h1-9,18H,10-12H2. The summed E-state index contributed by atoms with van der Waals surface area (Å²) >= 11 is 3.98. The van der Waals surface area contributed by atoms with E-state index in [1.807, 2.05) is 18.2 Å². The molecule has 0 amide bonds. The number of carbonyl (C=O) groups excluding carboxylic acids is 1. The summed E-state index contributed by atoms with van der Waals surface area (Å²) in [5.74, 6) is 0.473. The molecule has 18 heavy (non-hydrogen) atoms. The van der Waals surface area contributed by atoms with Crippen LogP contribution in [0.15, 0.2) is 54.6 Å². The van der Waals surface area contributed by atoms with Crippen LogP contribution in [-0.2, 0) is 17.6 Å². The Morgan fingerprint density at radius 3 is 2.00 bits per heavy atom. The van der Waals surface area contributed by atoms with Crippen LogP contribution in [-0.4, -0.2) is 11.5 Å². The van der Waals surface area contributed by atoms with Crippen molar-refractivity contribution >= 4 is 18.4 Å². The van der Waals surface area contributed by atoms with Crippen molar-refractivity contribution < 1.29 is 4.79 Å². The van der Waals surface area contributed by atoms with Crippen LogP contribution in [0.1, 0.15) is 16.7 Å². The Morgan fingerprint density at radius 2 is 1.39 bits per heavy atom. The van der Waals surface area contributed by atoms with Gasteiger partial charge in [-0.3, -0.25) is 4.79 Å². The van der Waals surface area contributed by atoms with E-state index in [9.17, 15) is 4.79 Å². The van der Waals surface area contributed by atoms with E-state index >= 15 is 0 Å². The lowest BCUT2D eigenvalue weighted by Gasteiger charge is -2.04. The van der Waals surface area contributed by atoms with Crippen molar-refractivity contribution in [2.45, 2.75) is 12.8 Å². The Hall–Kier alpha value is -1.54. The van der Waals surface area contributed by atoms with E-state index in [0.717, 1.165) is 12.0 Å². The molecule has 0 N–H and O–H groups in total. The van der Waals surface area contributed by atoms with Gasteiger partial charge in [0.1, 0.15) is 5.78 Å². The Labute approximate surface area is 113 Å². The molecule has 1 nitrogen and oxygen atoms in total. The van der Waals surface area contributed by atoms with Crippen LogP contribution in [0.3, 0.4) is 0 Å². The minimum Gasteiger partial charge on any atom is -0.298 e.